The van der Waals surface area contributed by atoms with Gasteiger partial charge in [-0.15, -0.1) is 0 Å². The molecule has 1 aromatic heterocycles. The highest BCUT2D eigenvalue weighted by molar-refractivity contribution is 5.62. The maximum Gasteiger partial charge on any atom is 0.223 e. The SMILES string of the molecule is CNC1CN(c2nc(N)nc(N)c2C(C)C)C1. The average Bonchev–Trinajstić information content (AvgIpc) is 2.13. The molecule has 0 aromatic carbocycles. The van der Waals surface area contributed by atoms with Crippen molar-refractivity contribution >= 4 is 17.6 Å². The van der Waals surface area contributed by atoms with Crippen LogP contribution in [-0.4, -0.2) is 36.1 Å². The van der Waals surface area contributed by atoms with Gasteiger partial charge in [-0.3, -0.25) is 0 Å². The van der Waals surface area contributed by atoms with Gasteiger partial charge in [0.1, 0.15) is 11.6 Å². The van der Waals surface area contributed by atoms with Crippen molar-refractivity contribution in [2.45, 2.75) is 25.8 Å². The Labute approximate surface area is 101 Å². The highest BCUT2D eigenvalue weighted by Crippen LogP contribution is 2.32. The second-order valence-electron chi connectivity index (χ2n) is 4.75. The number of hydrogen-bond acceptors (Lipinski definition) is 6. The fourth-order valence-corrected chi connectivity index (χ4v) is 2.12. The smallest absolute Gasteiger partial charge is 0.223 e. The fourth-order valence-electron chi connectivity index (χ4n) is 2.12. The van der Waals surface area contributed by atoms with Crippen LogP contribution in [-0.2, 0) is 0 Å². The first kappa shape index (κ1) is 11.9. The van der Waals surface area contributed by atoms with Gasteiger partial charge < -0.3 is 21.7 Å². The largest absolute Gasteiger partial charge is 0.383 e. The molecule has 5 N–H and O–H groups in total. The summed E-state index contributed by atoms with van der Waals surface area (Å²) < 4.78 is 0. The van der Waals surface area contributed by atoms with E-state index in [-0.39, 0.29) is 5.95 Å². The van der Waals surface area contributed by atoms with Crippen LogP contribution in [0.1, 0.15) is 25.3 Å². The van der Waals surface area contributed by atoms with E-state index in [2.05, 4.69) is 34.0 Å². The van der Waals surface area contributed by atoms with Crippen LogP contribution in [0.3, 0.4) is 0 Å². The van der Waals surface area contributed by atoms with E-state index in [0.717, 1.165) is 24.5 Å². The number of nitrogens with two attached hydrogens (primary N) is 2. The molecule has 1 aliphatic rings. The van der Waals surface area contributed by atoms with Crippen LogP contribution in [0.5, 0.6) is 0 Å². The molecule has 0 amide bonds. The Bertz CT molecular complexity index is 411. The molecule has 6 nitrogen and oxygen atoms in total. The molecule has 1 fully saturated rings. The van der Waals surface area contributed by atoms with Gasteiger partial charge in [-0.1, -0.05) is 13.8 Å². The van der Waals surface area contributed by atoms with Crippen LogP contribution >= 0.6 is 0 Å². The van der Waals surface area contributed by atoms with E-state index in [9.17, 15) is 0 Å². The van der Waals surface area contributed by atoms with E-state index >= 15 is 0 Å². The Morgan fingerprint density at radius 2 is 1.94 bits per heavy atom. The van der Waals surface area contributed by atoms with E-state index in [1.165, 1.54) is 0 Å². The molecule has 0 bridgehead atoms. The lowest BCUT2D eigenvalue weighted by Gasteiger charge is -2.41. The van der Waals surface area contributed by atoms with E-state index in [1.807, 2.05) is 7.05 Å². The van der Waals surface area contributed by atoms with Gasteiger partial charge in [0.15, 0.2) is 0 Å². The summed E-state index contributed by atoms with van der Waals surface area (Å²) in [4.78, 5) is 10.6. The zero-order valence-corrected chi connectivity index (χ0v) is 10.6. The molecular weight excluding hydrogens is 216 g/mol. The number of nitrogen functional groups attached to an aromatic ring is 2. The Kier molecular flexibility index (Phi) is 3.06. The second-order valence-corrected chi connectivity index (χ2v) is 4.75. The number of anilines is 3. The van der Waals surface area contributed by atoms with Gasteiger partial charge in [0.05, 0.1) is 0 Å². The van der Waals surface area contributed by atoms with Gasteiger partial charge in [0, 0.05) is 24.7 Å². The summed E-state index contributed by atoms with van der Waals surface area (Å²) in [5.41, 5.74) is 12.6. The minimum Gasteiger partial charge on any atom is -0.383 e. The Morgan fingerprint density at radius 1 is 1.29 bits per heavy atom. The lowest BCUT2D eigenvalue weighted by Crippen LogP contribution is -2.57. The molecule has 1 aromatic rings. The zero-order valence-electron chi connectivity index (χ0n) is 10.6. The molecule has 0 saturated carbocycles. The van der Waals surface area contributed by atoms with Gasteiger partial charge in [0.25, 0.3) is 0 Å². The third-order valence-corrected chi connectivity index (χ3v) is 3.14. The summed E-state index contributed by atoms with van der Waals surface area (Å²) in [6.07, 6.45) is 0. The second kappa shape index (κ2) is 4.37. The van der Waals surface area contributed by atoms with Crippen molar-refractivity contribution in [1.29, 1.82) is 0 Å². The van der Waals surface area contributed by atoms with E-state index in [1.54, 1.807) is 0 Å². The third kappa shape index (κ3) is 2.12. The minimum absolute atomic E-state index is 0.245. The van der Waals surface area contributed by atoms with Crippen LogP contribution in [0, 0.1) is 0 Å². The van der Waals surface area contributed by atoms with Crippen LogP contribution in [0.25, 0.3) is 0 Å². The van der Waals surface area contributed by atoms with Crippen molar-refractivity contribution in [2.24, 2.45) is 0 Å². The summed E-state index contributed by atoms with van der Waals surface area (Å²) >= 11 is 0. The number of hydrogen-bond donors (Lipinski definition) is 3. The molecule has 0 radical (unpaired) electrons. The molecule has 94 valence electrons. The lowest BCUT2D eigenvalue weighted by atomic mass is 10.0. The molecule has 17 heavy (non-hydrogen) atoms. The first-order valence-electron chi connectivity index (χ1n) is 5.88. The van der Waals surface area contributed by atoms with Crippen molar-refractivity contribution in [3.8, 4) is 0 Å². The highest BCUT2D eigenvalue weighted by Gasteiger charge is 2.30. The first-order chi connectivity index (χ1) is 8.02. The maximum absolute atomic E-state index is 5.93. The minimum atomic E-state index is 0.245. The molecule has 1 saturated heterocycles. The van der Waals surface area contributed by atoms with Gasteiger partial charge in [0.2, 0.25) is 5.95 Å². The van der Waals surface area contributed by atoms with Crippen molar-refractivity contribution < 1.29 is 0 Å². The molecule has 2 heterocycles. The summed E-state index contributed by atoms with van der Waals surface area (Å²) in [6.45, 7) is 6.05. The van der Waals surface area contributed by atoms with Crippen LogP contribution < -0.4 is 21.7 Å². The van der Waals surface area contributed by atoms with Gasteiger partial charge >= 0.3 is 0 Å². The van der Waals surface area contributed by atoms with Crippen molar-refractivity contribution in [3.05, 3.63) is 5.56 Å². The standard InChI is InChI=1S/C11H20N6/c1-6(2)8-9(12)15-11(13)16-10(8)17-4-7(5-17)14-3/h6-7,14H,4-5H2,1-3H3,(H4,12,13,15,16). The molecule has 0 unspecified atom stereocenters. The summed E-state index contributed by atoms with van der Waals surface area (Å²) in [5.74, 6) is 1.92. The normalized spacial score (nSPS) is 16.4. The molecule has 0 aliphatic carbocycles. The maximum atomic E-state index is 5.93. The van der Waals surface area contributed by atoms with Gasteiger partial charge in [-0.25, -0.2) is 0 Å². The lowest BCUT2D eigenvalue weighted by molar-refractivity contribution is 0.445. The summed E-state index contributed by atoms with van der Waals surface area (Å²) in [5, 5.41) is 3.23. The van der Waals surface area contributed by atoms with Crippen LogP contribution in [0.2, 0.25) is 0 Å². The Balaban J connectivity index is 2.32. The first-order valence-corrected chi connectivity index (χ1v) is 5.88. The fraction of sp³-hybridized carbons (Fsp3) is 0.636. The average molecular weight is 236 g/mol. The van der Waals surface area contributed by atoms with Crippen LogP contribution in [0.15, 0.2) is 0 Å². The molecule has 2 rings (SSSR count). The topological polar surface area (TPSA) is 93.1 Å². The van der Waals surface area contributed by atoms with Gasteiger partial charge in [-0.2, -0.15) is 9.97 Å². The summed E-state index contributed by atoms with van der Waals surface area (Å²) in [6, 6.07) is 0.521. The Hall–Kier alpha value is -1.56. The summed E-state index contributed by atoms with van der Waals surface area (Å²) in [7, 11) is 1.97. The van der Waals surface area contributed by atoms with Gasteiger partial charge in [-0.05, 0) is 13.0 Å². The monoisotopic (exact) mass is 236 g/mol. The number of rotatable bonds is 3. The number of likely N-dealkylation sites (N-methyl/N-ethyl adjacent to an activating group) is 1. The molecule has 0 spiro atoms. The van der Waals surface area contributed by atoms with E-state index in [0.29, 0.717) is 17.8 Å². The van der Waals surface area contributed by atoms with Crippen molar-refractivity contribution in [3.63, 3.8) is 0 Å². The van der Waals surface area contributed by atoms with Crippen molar-refractivity contribution in [1.82, 2.24) is 15.3 Å². The molecule has 1 aliphatic heterocycles. The number of nitrogens with zero attached hydrogens (tertiary/aromatic N) is 3. The number of nitrogens with one attached hydrogen (secondary N) is 1. The van der Waals surface area contributed by atoms with Crippen molar-refractivity contribution in [2.75, 3.05) is 36.5 Å². The molecular formula is C11H20N6. The Morgan fingerprint density at radius 3 is 2.47 bits per heavy atom. The third-order valence-electron chi connectivity index (χ3n) is 3.14. The highest BCUT2D eigenvalue weighted by atomic mass is 15.3. The quantitative estimate of drug-likeness (QED) is 0.693. The van der Waals surface area contributed by atoms with E-state index in [4.69, 9.17) is 11.5 Å². The predicted octanol–water partition coefficient (Wildman–Crippen LogP) is 0.172. The van der Waals surface area contributed by atoms with Crippen LogP contribution in [0.4, 0.5) is 17.6 Å². The predicted molar refractivity (Wildman–Crippen MR) is 70.0 cm³/mol. The number of aromatic nitrogens is 2. The molecule has 6 heteroatoms. The zero-order chi connectivity index (χ0) is 12.6. The van der Waals surface area contributed by atoms with E-state index < -0.39 is 0 Å². The molecule has 0 atom stereocenters.